The summed E-state index contributed by atoms with van der Waals surface area (Å²) < 4.78 is 38.2. The molecule has 1 rings (SSSR count). The van der Waals surface area contributed by atoms with Crippen LogP contribution in [-0.4, -0.2) is 58.1 Å². The Bertz CT molecular complexity index is 462. The summed E-state index contributed by atoms with van der Waals surface area (Å²) in [6.07, 6.45) is -4.80. The van der Waals surface area contributed by atoms with Crippen molar-refractivity contribution in [2.75, 3.05) is 25.5 Å². The third-order valence-corrected chi connectivity index (χ3v) is 2.70. The lowest BCUT2D eigenvalue weighted by atomic mass is 10.3. The van der Waals surface area contributed by atoms with E-state index in [1.807, 2.05) is 6.92 Å². The molecule has 1 aromatic heterocycles. The fourth-order valence-electron chi connectivity index (χ4n) is 1.72. The van der Waals surface area contributed by atoms with Crippen LogP contribution in [0.4, 0.5) is 19.0 Å². The predicted octanol–water partition coefficient (Wildman–Crippen LogP) is 1.09. The standard InChI is InChI=1S/C12H19F3N4O2/c1-3-6-19-10(4-5-16-19)17-11(21)8-18(2)7-9(20)12(13,14)15/h4-5,9,20H,3,6-8H2,1-2H3,(H,17,21). The van der Waals surface area contributed by atoms with Gasteiger partial charge in [-0.25, -0.2) is 4.68 Å². The summed E-state index contributed by atoms with van der Waals surface area (Å²) in [7, 11) is 1.33. The Morgan fingerprint density at radius 1 is 1.57 bits per heavy atom. The normalized spacial score (nSPS) is 13.5. The number of hydrogen-bond donors (Lipinski definition) is 2. The number of halogens is 3. The van der Waals surface area contributed by atoms with Gasteiger partial charge in [-0.1, -0.05) is 6.92 Å². The van der Waals surface area contributed by atoms with Crippen LogP contribution in [0.2, 0.25) is 0 Å². The van der Waals surface area contributed by atoms with Crippen LogP contribution in [0.15, 0.2) is 12.3 Å². The number of aryl methyl sites for hydroxylation is 1. The number of aliphatic hydroxyl groups is 1. The van der Waals surface area contributed by atoms with Gasteiger partial charge in [-0.15, -0.1) is 0 Å². The lowest BCUT2D eigenvalue weighted by molar-refractivity contribution is -0.207. The first-order chi connectivity index (χ1) is 9.74. The van der Waals surface area contributed by atoms with E-state index in [2.05, 4.69) is 10.4 Å². The van der Waals surface area contributed by atoms with Gasteiger partial charge in [0, 0.05) is 19.2 Å². The lowest BCUT2D eigenvalue weighted by Gasteiger charge is -2.21. The Morgan fingerprint density at radius 3 is 2.81 bits per heavy atom. The Balaban J connectivity index is 2.48. The number of aromatic nitrogens is 2. The molecule has 0 aliphatic heterocycles. The largest absolute Gasteiger partial charge is 0.415 e. The van der Waals surface area contributed by atoms with E-state index in [0.29, 0.717) is 12.4 Å². The maximum absolute atomic E-state index is 12.2. The quantitative estimate of drug-likeness (QED) is 0.791. The number of carbonyl (C=O) groups is 1. The van der Waals surface area contributed by atoms with Gasteiger partial charge in [0.25, 0.3) is 0 Å². The van der Waals surface area contributed by atoms with Crippen LogP contribution in [0.25, 0.3) is 0 Å². The lowest BCUT2D eigenvalue weighted by Crippen LogP contribution is -2.42. The van der Waals surface area contributed by atoms with Crippen molar-refractivity contribution in [3.63, 3.8) is 0 Å². The molecule has 0 aliphatic rings. The van der Waals surface area contributed by atoms with E-state index in [9.17, 15) is 18.0 Å². The van der Waals surface area contributed by atoms with E-state index in [4.69, 9.17) is 5.11 Å². The number of likely N-dealkylation sites (N-methyl/N-ethyl adjacent to an activating group) is 1. The molecule has 0 fully saturated rings. The zero-order chi connectivity index (χ0) is 16.0. The number of nitrogens with one attached hydrogen (secondary N) is 1. The molecule has 1 atom stereocenters. The van der Waals surface area contributed by atoms with E-state index in [1.54, 1.807) is 10.7 Å². The molecule has 120 valence electrons. The molecule has 1 aromatic rings. The molecule has 0 spiro atoms. The number of rotatable bonds is 7. The Labute approximate surface area is 120 Å². The minimum absolute atomic E-state index is 0.259. The third-order valence-electron chi connectivity index (χ3n) is 2.70. The molecule has 1 unspecified atom stereocenters. The van der Waals surface area contributed by atoms with Gasteiger partial charge in [0.2, 0.25) is 5.91 Å². The third kappa shape index (κ3) is 5.72. The van der Waals surface area contributed by atoms with Gasteiger partial charge in [0.05, 0.1) is 12.7 Å². The molecule has 0 bridgehead atoms. The van der Waals surface area contributed by atoms with Crippen molar-refractivity contribution in [1.29, 1.82) is 0 Å². The molecule has 0 radical (unpaired) electrons. The average molecular weight is 308 g/mol. The molecular formula is C12H19F3N4O2. The number of carbonyl (C=O) groups excluding carboxylic acids is 1. The maximum Gasteiger partial charge on any atom is 0.415 e. The minimum Gasteiger partial charge on any atom is -0.382 e. The molecule has 0 aliphatic carbocycles. The first-order valence-electron chi connectivity index (χ1n) is 6.49. The summed E-state index contributed by atoms with van der Waals surface area (Å²) in [6, 6.07) is 1.61. The van der Waals surface area contributed by atoms with Gasteiger partial charge in [-0.05, 0) is 13.5 Å². The SMILES string of the molecule is CCCn1nccc1NC(=O)CN(C)CC(O)C(F)(F)F. The van der Waals surface area contributed by atoms with Crippen molar-refractivity contribution >= 4 is 11.7 Å². The summed E-state index contributed by atoms with van der Waals surface area (Å²) in [5.41, 5.74) is 0. The Hall–Kier alpha value is -1.61. The van der Waals surface area contributed by atoms with Crippen molar-refractivity contribution in [2.24, 2.45) is 0 Å². The van der Waals surface area contributed by atoms with Crippen molar-refractivity contribution in [3.05, 3.63) is 12.3 Å². The van der Waals surface area contributed by atoms with Crippen LogP contribution >= 0.6 is 0 Å². The zero-order valence-corrected chi connectivity index (χ0v) is 11.9. The maximum atomic E-state index is 12.2. The van der Waals surface area contributed by atoms with E-state index < -0.39 is 24.7 Å². The molecule has 2 N–H and O–H groups in total. The predicted molar refractivity (Wildman–Crippen MR) is 70.7 cm³/mol. The second-order valence-electron chi connectivity index (χ2n) is 4.74. The fraction of sp³-hybridized carbons (Fsp3) is 0.667. The molecule has 0 saturated heterocycles. The van der Waals surface area contributed by atoms with Crippen molar-refractivity contribution in [2.45, 2.75) is 32.2 Å². The second-order valence-corrected chi connectivity index (χ2v) is 4.74. The number of anilines is 1. The topological polar surface area (TPSA) is 70.4 Å². The molecular weight excluding hydrogens is 289 g/mol. The van der Waals surface area contributed by atoms with Crippen molar-refractivity contribution in [1.82, 2.24) is 14.7 Å². The monoisotopic (exact) mass is 308 g/mol. The first kappa shape index (κ1) is 17.4. The highest BCUT2D eigenvalue weighted by molar-refractivity contribution is 5.91. The highest BCUT2D eigenvalue weighted by atomic mass is 19.4. The van der Waals surface area contributed by atoms with Crippen molar-refractivity contribution < 1.29 is 23.1 Å². The van der Waals surface area contributed by atoms with Crippen LogP contribution in [0.3, 0.4) is 0 Å². The van der Waals surface area contributed by atoms with E-state index in [-0.39, 0.29) is 6.54 Å². The molecule has 0 saturated carbocycles. The van der Waals surface area contributed by atoms with E-state index in [1.165, 1.54) is 13.2 Å². The first-order valence-corrected chi connectivity index (χ1v) is 6.49. The van der Waals surface area contributed by atoms with Crippen LogP contribution in [0.1, 0.15) is 13.3 Å². The van der Waals surface area contributed by atoms with Crippen molar-refractivity contribution in [3.8, 4) is 0 Å². The smallest absolute Gasteiger partial charge is 0.382 e. The highest BCUT2D eigenvalue weighted by Gasteiger charge is 2.38. The summed E-state index contributed by atoms with van der Waals surface area (Å²) >= 11 is 0. The fourth-order valence-corrected chi connectivity index (χ4v) is 1.72. The molecule has 9 heteroatoms. The Kier molecular flexibility index (Phi) is 6.16. The summed E-state index contributed by atoms with van der Waals surface area (Å²) in [6.45, 7) is 1.67. The molecule has 1 heterocycles. The second kappa shape index (κ2) is 7.41. The highest BCUT2D eigenvalue weighted by Crippen LogP contribution is 2.20. The number of hydrogen-bond acceptors (Lipinski definition) is 4. The average Bonchev–Trinajstić information content (AvgIpc) is 2.75. The van der Waals surface area contributed by atoms with Crippen LogP contribution in [-0.2, 0) is 11.3 Å². The Morgan fingerprint density at radius 2 is 2.24 bits per heavy atom. The number of aliphatic hydroxyl groups excluding tert-OH is 1. The number of alkyl halides is 3. The minimum atomic E-state index is -4.69. The van der Waals surface area contributed by atoms with Gasteiger partial charge in [-0.3, -0.25) is 9.69 Å². The van der Waals surface area contributed by atoms with Gasteiger partial charge in [0.15, 0.2) is 6.10 Å². The van der Waals surface area contributed by atoms with E-state index in [0.717, 1.165) is 11.3 Å². The van der Waals surface area contributed by atoms with Gasteiger partial charge in [-0.2, -0.15) is 18.3 Å². The zero-order valence-electron chi connectivity index (χ0n) is 11.9. The number of amides is 1. The summed E-state index contributed by atoms with van der Waals surface area (Å²) in [5.74, 6) is 0.0244. The van der Waals surface area contributed by atoms with Crippen LogP contribution < -0.4 is 5.32 Å². The van der Waals surface area contributed by atoms with E-state index >= 15 is 0 Å². The van der Waals surface area contributed by atoms with Gasteiger partial charge >= 0.3 is 6.18 Å². The van der Waals surface area contributed by atoms with Gasteiger partial charge < -0.3 is 10.4 Å². The van der Waals surface area contributed by atoms with Gasteiger partial charge in [0.1, 0.15) is 5.82 Å². The molecule has 1 amide bonds. The summed E-state index contributed by atoms with van der Waals surface area (Å²) in [4.78, 5) is 12.9. The molecule has 6 nitrogen and oxygen atoms in total. The molecule has 0 aromatic carbocycles. The number of nitrogens with zero attached hydrogens (tertiary/aromatic N) is 3. The van der Waals surface area contributed by atoms with Crippen LogP contribution in [0, 0.1) is 0 Å². The summed E-state index contributed by atoms with van der Waals surface area (Å²) in [5, 5.41) is 15.5. The molecule has 21 heavy (non-hydrogen) atoms. The van der Waals surface area contributed by atoms with Crippen LogP contribution in [0.5, 0.6) is 0 Å².